The van der Waals surface area contributed by atoms with Gasteiger partial charge in [0.1, 0.15) is 10.1 Å². The number of rotatable bonds is 6. The Morgan fingerprint density at radius 2 is 2.23 bits per heavy atom. The minimum absolute atomic E-state index is 0.0369. The molecule has 1 aromatic carbocycles. The fraction of sp³-hybridized carbons (Fsp3) is 0.400. The number of amides is 2. The van der Waals surface area contributed by atoms with E-state index in [1.54, 1.807) is 11.0 Å². The number of thiocarbonyl (C=S) groups is 1. The van der Waals surface area contributed by atoms with E-state index in [4.69, 9.17) is 12.2 Å². The molecule has 0 atom stereocenters. The van der Waals surface area contributed by atoms with Gasteiger partial charge < -0.3 is 5.32 Å². The van der Waals surface area contributed by atoms with Crippen molar-refractivity contribution in [3.05, 3.63) is 29.6 Å². The van der Waals surface area contributed by atoms with Crippen molar-refractivity contribution in [3.63, 3.8) is 0 Å². The minimum Gasteiger partial charge on any atom is -0.326 e. The second kappa shape index (κ2) is 7.69. The van der Waals surface area contributed by atoms with Crippen molar-refractivity contribution in [3.8, 4) is 0 Å². The van der Waals surface area contributed by atoms with Gasteiger partial charge in [0.2, 0.25) is 11.8 Å². The number of halogens is 1. The van der Waals surface area contributed by atoms with E-state index < -0.39 is 0 Å². The summed E-state index contributed by atoms with van der Waals surface area (Å²) < 4.78 is 13.8. The summed E-state index contributed by atoms with van der Waals surface area (Å²) in [4.78, 5) is 25.0. The molecule has 0 spiro atoms. The number of hydrogen-bond donors (Lipinski definition) is 1. The third-order valence-corrected chi connectivity index (χ3v) is 4.78. The standard InChI is InChI=1S/C15H17FN2O2S2/c1-10-5-6-11(16)8-12(10)17-13(19)4-2-3-7-18-14(20)9-22-15(18)21/h5-6,8H,2-4,7,9H2,1H3,(H,17,19). The molecule has 0 saturated carbocycles. The average Bonchev–Trinajstić information content (AvgIpc) is 2.79. The Bertz CT molecular complexity index is 591. The maximum atomic E-state index is 13.1. The topological polar surface area (TPSA) is 49.4 Å². The summed E-state index contributed by atoms with van der Waals surface area (Å²) in [5.41, 5.74) is 1.32. The lowest BCUT2D eigenvalue weighted by molar-refractivity contribution is -0.124. The highest BCUT2D eigenvalue weighted by Gasteiger charge is 2.25. The zero-order valence-corrected chi connectivity index (χ0v) is 13.9. The number of anilines is 1. The first-order valence-corrected chi connectivity index (χ1v) is 8.40. The molecule has 0 unspecified atom stereocenters. The zero-order valence-electron chi connectivity index (χ0n) is 12.2. The van der Waals surface area contributed by atoms with Crippen molar-refractivity contribution in [2.75, 3.05) is 17.6 Å². The summed E-state index contributed by atoms with van der Waals surface area (Å²) in [6.45, 7) is 2.36. The Kier molecular flexibility index (Phi) is 5.90. The SMILES string of the molecule is Cc1ccc(F)cc1NC(=O)CCCCN1C(=O)CSC1=S. The molecule has 2 rings (SSSR count). The van der Waals surface area contributed by atoms with Gasteiger partial charge in [0.05, 0.1) is 5.75 Å². The molecule has 0 aromatic heterocycles. The van der Waals surface area contributed by atoms with Gasteiger partial charge in [0.25, 0.3) is 0 Å². The molecule has 4 nitrogen and oxygen atoms in total. The third kappa shape index (κ3) is 4.51. The molecule has 118 valence electrons. The number of unbranched alkanes of at least 4 members (excludes halogenated alkanes) is 1. The zero-order chi connectivity index (χ0) is 16.1. The summed E-state index contributed by atoms with van der Waals surface area (Å²) in [6, 6.07) is 4.30. The van der Waals surface area contributed by atoms with Gasteiger partial charge in [-0.1, -0.05) is 30.0 Å². The Hall–Kier alpha value is -1.47. The monoisotopic (exact) mass is 340 g/mol. The van der Waals surface area contributed by atoms with Crippen LogP contribution in [0.5, 0.6) is 0 Å². The van der Waals surface area contributed by atoms with Crippen LogP contribution in [0.25, 0.3) is 0 Å². The van der Waals surface area contributed by atoms with Crippen LogP contribution in [-0.4, -0.2) is 33.3 Å². The molecule has 1 fully saturated rings. The van der Waals surface area contributed by atoms with Gasteiger partial charge in [0, 0.05) is 18.7 Å². The largest absolute Gasteiger partial charge is 0.326 e. The molecule has 22 heavy (non-hydrogen) atoms. The predicted octanol–water partition coefficient (Wildman–Crippen LogP) is 3.10. The van der Waals surface area contributed by atoms with Gasteiger partial charge >= 0.3 is 0 Å². The maximum Gasteiger partial charge on any atom is 0.238 e. The normalized spacial score (nSPS) is 14.5. The Morgan fingerprint density at radius 3 is 2.91 bits per heavy atom. The number of nitrogens with zero attached hydrogens (tertiary/aromatic N) is 1. The molecule has 0 aliphatic carbocycles. The van der Waals surface area contributed by atoms with Gasteiger partial charge in [-0.05, 0) is 37.5 Å². The molecule has 1 aliphatic heterocycles. The fourth-order valence-corrected chi connectivity index (χ4v) is 3.22. The van der Waals surface area contributed by atoms with E-state index in [1.807, 2.05) is 6.92 Å². The molecule has 1 aromatic rings. The van der Waals surface area contributed by atoms with Crippen LogP contribution in [0.3, 0.4) is 0 Å². The van der Waals surface area contributed by atoms with E-state index in [9.17, 15) is 14.0 Å². The molecule has 1 heterocycles. The molecule has 1 N–H and O–H groups in total. The highest BCUT2D eigenvalue weighted by Crippen LogP contribution is 2.20. The lowest BCUT2D eigenvalue weighted by Gasteiger charge is -2.14. The number of hydrogen-bond acceptors (Lipinski definition) is 4. The first-order valence-electron chi connectivity index (χ1n) is 7.00. The molecule has 7 heteroatoms. The van der Waals surface area contributed by atoms with E-state index in [0.29, 0.717) is 41.6 Å². The van der Waals surface area contributed by atoms with E-state index >= 15 is 0 Å². The smallest absolute Gasteiger partial charge is 0.238 e. The lowest BCUT2D eigenvalue weighted by atomic mass is 10.1. The summed E-state index contributed by atoms with van der Waals surface area (Å²) in [7, 11) is 0. The van der Waals surface area contributed by atoms with Crippen LogP contribution in [0.15, 0.2) is 18.2 Å². The van der Waals surface area contributed by atoms with Crippen molar-refractivity contribution < 1.29 is 14.0 Å². The van der Waals surface area contributed by atoms with E-state index in [2.05, 4.69) is 5.32 Å². The molecule has 0 radical (unpaired) electrons. The highest BCUT2D eigenvalue weighted by molar-refractivity contribution is 8.23. The van der Waals surface area contributed by atoms with Crippen LogP contribution in [0, 0.1) is 12.7 Å². The number of aryl methyl sites for hydroxylation is 1. The van der Waals surface area contributed by atoms with Gasteiger partial charge in [-0.15, -0.1) is 0 Å². The highest BCUT2D eigenvalue weighted by atomic mass is 32.2. The molecular formula is C15H17FN2O2S2. The van der Waals surface area contributed by atoms with Crippen LogP contribution < -0.4 is 5.32 Å². The Balaban J connectivity index is 1.73. The summed E-state index contributed by atoms with van der Waals surface area (Å²) >= 11 is 6.46. The molecule has 1 aliphatic rings. The molecule has 2 amide bonds. The lowest BCUT2D eigenvalue weighted by Crippen LogP contribution is -2.29. The van der Waals surface area contributed by atoms with Crippen LogP contribution in [0.4, 0.5) is 10.1 Å². The van der Waals surface area contributed by atoms with E-state index in [1.165, 1.54) is 23.9 Å². The summed E-state index contributed by atoms with van der Waals surface area (Å²) in [5, 5.41) is 2.71. The van der Waals surface area contributed by atoms with Crippen LogP contribution in [0.2, 0.25) is 0 Å². The van der Waals surface area contributed by atoms with Crippen molar-refractivity contribution >= 4 is 45.8 Å². The Labute approximate surface area is 138 Å². The number of nitrogens with one attached hydrogen (secondary N) is 1. The van der Waals surface area contributed by atoms with Gasteiger partial charge in [-0.2, -0.15) is 0 Å². The summed E-state index contributed by atoms with van der Waals surface area (Å²) in [6.07, 6.45) is 1.69. The quantitative estimate of drug-likeness (QED) is 0.639. The van der Waals surface area contributed by atoms with Crippen molar-refractivity contribution in [1.82, 2.24) is 4.90 Å². The van der Waals surface area contributed by atoms with Gasteiger partial charge in [-0.25, -0.2) is 4.39 Å². The van der Waals surface area contributed by atoms with Crippen molar-refractivity contribution in [1.29, 1.82) is 0 Å². The average molecular weight is 340 g/mol. The number of carbonyl (C=O) groups excluding carboxylic acids is 2. The van der Waals surface area contributed by atoms with Crippen molar-refractivity contribution in [2.24, 2.45) is 0 Å². The van der Waals surface area contributed by atoms with E-state index in [-0.39, 0.29) is 17.6 Å². The number of carbonyl (C=O) groups is 2. The second-order valence-electron chi connectivity index (χ2n) is 5.06. The minimum atomic E-state index is -0.376. The number of benzene rings is 1. The van der Waals surface area contributed by atoms with Gasteiger partial charge in [-0.3, -0.25) is 14.5 Å². The van der Waals surface area contributed by atoms with Gasteiger partial charge in [0.15, 0.2) is 0 Å². The third-order valence-electron chi connectivity index (χ3n) is 3.35. The second-order valence-corrected chi connectivity index (χ2v) is 6.67. The first-order chi connectivity index (χ1) is 10.5. The van der Waals surface area contributed by atoms with Crippen LogP contribution >= 0.6 is 24.0 Å². The maximum absolute atomic E-state index is 13.1. The van der Waals surface area contributed by atoms with Crippen molar-refractivity contribution in [2.45, 2.75) is 26.2 Å². The molecular weight excluding hydrogens is 323 g/mol. The Morgan fingerprint density at radius 1 is 1.45 bits per heavy atom. The van der Waals surface area contributed by atoms with Crippen LogP contribution in [-0.2, 0) is 9.59 Å². The molecule has 0 bridgehead atoms. The fourth-order valence-electron chi connectivity index (χ4n) is 2.09. The molecule has 1 saturated heterocycles. The predicted molar refractivity (Wildman–Crippen MR) is 90.4 cm³/mol. The van der Waals surface area contributed by atoms with E-state index in [0.717, 1.165) is 5.56 Å². The van der Waals surface area contributed by atoms with Crippen LogP contribution in [0.1, 0.15) is 24.8 Å². The number of thioether (sulfide) groups is 1. The summed E-state index contributed by atoms with van der Waals surface area (Å²) in [5.74, 6) is -0.0780. The first kappa shape index (κ1) is 16.9.